The van der Waals surface area contributed by atoms with Crippen molar-refractivity contribution in [3.05, 3.63) is 53.6 Å². The normalized spacial score (nSPS) is 17.3. The summed E-state index contributed by atoms with van der Waals surface area (Å²) in [6.45, 7) is 8.95. The van der Waals surface area contributed by atoms with Gasteiger partial charge in [-0.1, -0.05) is 29.8 Å². The predicted octanol–water partition coefficient (Wildman–Crippen LogP) is 3.72. The van der Waals surface area contributed by atoms with Crippen LogP contribution < -0.4 is 4.90 Å². The maximum atomic E-state index is 2.56. The van der Waals surface area contributed by atoms with Crippen molar-refractivity contribution in [1.29, 1.82) is 0 Å². The van der Waals surface area contributed by atoms with E-state index in [2.05, 4.69) is 79.4 Å². The Morgan fingerprint density at radius 2 is 1.57 bits per heavy atom. The van der Waals surface area contributed by atoms with E-state index in [1.165, 1.54) is 26.6 Å². The molecule has 3 rings (SSSR count). The third kappa shape index (κ3) is 3.56. The molecule has 23 heavy (non-hydrogen) atoms. The van der Waals surface area contributed by atoms with Crippen LogP contribution in [0.25, 0.3) is 0 Å². The quantitative estimate of drug-likeness (QED) is 0.793. The van der Waals surface area contributed by atoms with Gasteiger partial charge in [-0.05, 0) is 39.1 Å². The lowest BCUT2D eigenvalue weighted by atomic mass is 10.2. The molecule has 1 aliphatic heterocycles. The minimum atomic E-state index is 0.106. The summed E-state index contributed by atoms with van der Waals surface area (Å²) in [6.07, 6.45) is 2.37. The van der Waals surface area contributed by atoms with Gasteiger partial charge in [0.1, 0.15) is 6.26 Å². The van der Waals surface area contributed by atoms with Crippen molar-refractivity contribution in [2.75, 3.05) is 44.4 Å². The number of likely N-dealkylation sites (N-methyl/N-ethyl adjacent to an activating group) is 1. The predicted molar refractivity (Wildman–Crippen MR) is 102 cm³/mol. The van der Waals surface area contributed by atoms with Crippen molar-refractivity contribution in [3.8, 4) is 0 Å². The number of nitrogens with zero attached hydrogens (tertiary/aromatic N) is 2. The van der Waals surface area contributed by atoms with Crippen LogP contribution in [-0.2, 0) is 10.9 Å². The second-order valence-corrected chi connectivity index (χ2v) is 8.44. The first kappa shape index (κ1) is 16.4. The summed E-state index contributed by atoms with van der Waals surface area (Å²) in [5, 5.41) is 0. The van der Waals surface area contributed by atoms with Gasteiger partial charge >= 0.3 is 0 Å². The molecule has 2 aromatic rings. The van der Waals surface area contributed by atoms with Gasteiger partial charge in [0.2, 0.25) is 0 Å². The number of aryl methyl sites for hydroxylation is 2. The third-order valence-electron chi connectivity index (χ3n) is 4.70. The molecule has 1 saturated heterocycles. The first-order chi connectivity index (χ1) is 11.1. The molecule has 2 nitrogen and oxygen atoms in total. The SMILES string of the molecule is Cc1ccc([S+](C)c2ccccc2N2CCN(C)CC2)c(C)c1. The van der Waals surface area contributed by atoms with Gasteiger partial charge in [0.05, 0.1) is 16.6 Å². The molecule has 0 aliphatic carbocycles. The molecule has 2 aromatic carbocycles. The first-order valence-corrected chi connectivity index (χ1v) is 9.95. The Morgan fingerprint density at radius 1 is 0.870 bits per heavy atom. The Bertz CT molecular complexity index is 675. The zero-order valence-electron chi connectivity index (χ0n) is 14.7. The van der Waals surface area contributed by atoms with E-state index in [-0.39, 0.29) is 10.9 Å². The van der Waals surface area contributed by atoms with Crippen LogP contribution in [-0.4, -0.2) is 44.4 Å². The topological polar surface area (TPSA) is 6.48 Å². The highest BCUT2D eigenvalue weighted by Gasteiger charge is 2.28. The van der Waals surface area contributed by atoms with E-state index < -0.39 is 0 Å². The Morgan fingerprint density at radius 3 is 2.26 bits per heavy atom. The lowest BCUT2D eigenvalue weighted by Gasteiger charge is -2.34. The second kappa shape index (κ2) is 6.98. The number of para-hydroxylation sites is 1. The minimum absolute atomic E-state index is 0.106. The van der Waals surface area contributed by atoms with Crippen LogP contribution in [0, 0.1) is 13.8 Å². The molecule has 1 unspecified atom stereocenters. The van der Waals surface area contributed by atoms with E-state index in [4.69, 9.17) is 0 Å². The number of rotatable bonds is 3. The van der Waals surface area contributed by atoms with E-state index in [0.29, 0.717) is 0 Å². The molecule has 0 aromatic heterocycles. The fourth-order valence-corrected chi connectivity index (χ4v) is 5.13. The van der Waals surface area contributed by atoms with E-state index in [0.717, 1.165) is 26.2 Å². The van der Waals surface area contributed by atoms with Crippen molar-refractivity contribution in [2.45, 2.75) is 23.6 Å². The maximum Gasteiger partial charge on any atom is 0.183 e. The van der Waals surface area contributed by atoms with Gasteiger partial charge in [0.15, 0.2) is 9.79 Å². The van der Waals surface area contributed by atoms with E-state index in [9.17, 15) is 0 Å². The number of hydrogen-bond acceptors (Lipinski definition) is 2. The summed E-state index contributed by atoms with van der Waals surface area (Å²) in [5.74, 6) is 0. The van der Waals surface area contributed by atoms with Crippen LogP contribution in [0.2, 0.25) is 0 Å². The molecule has 1 atom stereocenters. The van der Waals surface area contributed by atoms with Crippen LogP contribution >= 0.6 is 0 Å². The molecule has 0 bridgehead atoms. The van der Waals surface area contributed by atoms with E-state index in [1.54, 1.807) is 0 Å². The molecule has 1 heterocycles. The van der Waals surface area contributed by atoms with Gasteiger partial charge in [-0.3, -0.25) is 0 Å². The zero-order chi connectivity index (χ0) is 16.4. The average molecular weight is 328 g/mol. The van der Waals surface area contributed by atoms with Crippen LogP contribution in [0.4, 0.5) is 5.69 Å². The summed E-state index contributed by atoms with van der Waals surface area (Å²) < 4.78 is 0. The van der Waals surface area contributed by atoms with Crippen LogP contribution in [0.3, 0.4) is 0 Å². The smallest absolute Gasteiger partial charge is 0.183 e. The van der Waals surface area contributed by atoms with Crippen molar-refractivity contribution in [2.24, 2.45) is 0 Å². The third-order valence-corrected chi connectivity index (χ3v) is 6.82. The molecular formula is C20H27N2S+. The fraction of sp³-hybridized carbons (Fsp3) is 0.400. The van der Waals surface area contributed by atoms with Gasteiger partial charge in [-0.25, -0.2) is 0 Å². The Kier molecular flexibility index (Phi) is 4.98. The van der Waals surface area contributed by atoms with Gasteiger partial charge in [-0.2, -0.15) is 0 Å². The summed E-state index contributed by atoms with van der Waals surface area (Å²) in [6, 6.07) is 15.8. The number of hydrogen-bond donors (Lipinski definition) is 0. The summed E-state index contributed by atoms with van der Waals surface area (Å²) in [5.41, 5.74) is 4.17. The van der Waals surface area contributed by atoms with E-state index in [1.807, 2.05) is 0 Å². The number of piperazine rings is 1. The number of anilines is 1. The van der Waals surface area contributed by atoms with E-state index >= 15 is 0 Å². The van der Waals surface area contributed by atoms with Crippen molar-refractivity contribution in [1.82, 2.24) is 4.90 Å². The fourth-order valence-electron chi connectivity index (χ4n) is 3.29. The summed E-state index contributed by atoms with van der Waals surface area (Å²) in [7, 11) is 2.32. The molecule has 0 saturated carbocycles. The van der Waals surface area contributed by atoms with Gasteiger partial charge in [0, 0.05) is 31.7 Å². The van der Waals surface area contributed by atoms with Crippen molar-refractivity contribution in [3.63, 3.8) is 0 Å². The molecule has 3 heteroatoms. The van der Waals surface area contributed by atoms with Crippen LogP contribution in [0.1, 0.15) is 11.1 Å². The zero-order valence-corrected chi connectivity index (χ0v) is 15.5. The molecule has 122 valence electrons. The highest BCUT2D eigenvalue weighted by molar-refractivity contribution is 7.96. The lowest BCUT2D eigenvalue weighted by Crippen LogP contribution is -2.44. The molecule has 1 aliphatic rings. The van der Waals surface area contributed by atoms with Crippen LogP contribution in [0.5, 0.6) is 0 Å². The Balaban J connectivity index is 1.93. The highest BCUT2D eigenvalue weighted by atomic mass is 32.2. The summed E-state index contributed by atoms with van der Waals surface area (Å²) in [4.78, 5) is 7.92. The second-order valence-electron chi connectivity index (χ2n) is 6.54. The number of benzene rings is 2. The van der Waals surface area contributed by atoms with Crippen molar-refractivity contribution >= 4 is 16.6 Å². The molecule has 1 fully saturated rings. The Hall–Kier alpha value is -1.45. The largest absolute Gasteiger partial charge is 0.365 e. The standard InChI is InChI=1S/C20H27N2S/c1-16-9-10-19(17(2)15-16)23(4)20-8-6-5-7-18(20)22-13-11-21(3)12-14-22/h5-10,15H,11-14H2,1-4H3/q+1. The monoisotopic (exact) mass is 327 g/mol. The molecule has 0 spiro atoms. The molecule has 0 N–H and O–H groups in total. The maximum absolute atomic E-state index is 2.56. The van der Waals surface area contributed by atoms with Gasteiger partial charge in [0.25, 0.3) is 0 Å². The Labute approximate surface area is 143 Å². The highest BCUT2D eigenvalue weighted by Crippen LogP contribution is 2.32. The lowest BCUT2D eigenvalue weighted by molar-refractivity contribution is 0.312. The first-order valence-electron chi connectivity index (χ1n) is 8.32. The van der Waals surface area contributed by atoms with Crippen molar-refractivity contribution < 1.29 is 0 Å². The minimum Gasteiger partial charge on any atom is -0.365 e. The molecular weight excluding hydrogens is 300 g/mol. The summed E-state index contributed by atoms with van der Waals surface area (Å²) >= 11 is 0. The van der Waals surface area contributed by atoms with Gasteiger partial charge < -0.3 is 9.80 Å². The van der Waals surface area contributed by atoms with Crippen LogP contribution in [0.15, 0.2) is 52.3 Å². The molecule has 0 radical (unpaired) electrons. The average Bonchev–Trinajstić information content (AvgIpc) is 2.55. The van der Waals surface area contributed by atoms with Gasteiger partial charge in [-0.15, -0.1) is 0 Å². The molecule has 0 amide bonds.